The molecule has 2 unspecified atom stereocenters. The molecule has 0 heterocycles. The van der Waals surface area contributed by atoms with E-state index in [9.17, 15) is 4.79 Å². The molecule has 19 heavy (non-hydrogen) atoms. The van der Waals surface area contributed by atoms with Crippen LogP contribution in [0, 0.1) is 5.41 Å². The highest BCUT2D eigenvalue weighted by molar-refractivity contribution is 5.70. The molecular weight excluding hydrogens is 242 g/mol. The zero-order valence-electron chi connectivity index (χ0n) is 12.1. The Morgan fingerprint density at radius 2 is 1.89 bits per heavy atom. The number of methoxy groups -OCH3 is 2. The van der Waals surface area contributed by atoms with Crippen molar-refractivity contribution in [3.63, 3.8) is 0 Å². The minimum absolute atomic E-state index is 0.103. The van der Waals surface area contributed by atoms with Gasteiger partial charge in [0.1, 0.15) is 5.75 Å². The molecule has 0 aliphatic heterocycles. The topological polar surface area (TPSA) is 61.5 Å². The summed E-state index contributed by atoms with van der Waals surface area (Å²) in [7, 11) is 3.04. The van der Waals surface area contributed by atoms with Gasteiger partial charge in [0.05, 0.1) is 20.6 Å². The second-order valence-electron chi connectivity index (χ2n) is 5.22. The van der Waals surface area contributed by atoms with Gasteiger partial charge in [-0.2, -0.15) is 0 Å². The van der Waals surface area contributed by atoms with Gasteiger partial charge in [-0.1, -0.05) is 19.1 Å². The summed E-state index contributed by atoms with van der Waals surface area (Å²) >= 11 is 0. The molecule has 1 rings (SSSR count). The molecule has 106 valence electrons. The van der Waals surface area contributed by atoms with Gasteiger partial charge in [0.25, 0.3) is 0 Å². The lowest BCUT2D eigenvalue weighted by atomic mass is 9.75. The average molecular weight is 265 g/mol. The van der Waals surface area contributed by atoms with Crippen molar-refractivity contribution < 1.29 is 14.3 Å². The number of benzene rings is 1. The zero-order valence-corrected chi connectivity index (χ0v) is 12.1. The number of ether oxygens (including phenoxy) is 2. The Morgan fingerprint density at radius 3 is 2.32 bits per heavy atom. The maximum absolute atomic E-state index is 11.5. The molecule has 2 N–H and O–H groups in total. The summed E-state index contributed by atoms with van der Waals surface area (Å²) in [6, 6.07) is 7.71. The van der Waals surface area contributed by atoms with Gasteiger partial charge >= 0.3 is 5.97 Å². The van der Waals surface area contributed by atoms with E-state index in [0.717, 1.165) is 17.7 Å². The van der Waals surface area contributed by atoms with E-state index in [0.29, 0.717) is 6.42 Å². The summed E-state index contributed by atoms with van der Waals surface area (Å²) in [6.07, 6.45) is 1.04. The lowest BCUT2D eigenvalue weighted by molar-refractivity contribution is -0.143. The van der Waals surface area contributed by atoms with E-state index in [-0.39, 0.29) is 17.4 Å². The summed E-state index contributed by atoms with van der Waals surface area (Å²) in [4.78, 5) is 11.5. The predicted molar refractivity (Wildman–Crippen MR) is 75.1 cm³/mol. The van der Waals surface area contributed by atoms with Gasteiger partial charge in [-0.3, -0.25) is 4.79 Å². The first-order valence-electron chi connectivity index (χ1n) is 6.36. The van der Waals surface area contributed by atoms with E-state index < -0.39 is 0 Å². The molecule has 1 aromatic rings. The molecule has 0 radical (unpaired) electrons. The van der Waals surface area contributed by atoms with Gasteiger partial charge in [-0.15, -0.1) is 0 Å². The van der Waals surface area contributed by atoms with E-state index >= 15 is 0 Å². The van der Waals surface area contributed by atoms with E-state index in [1.165, 1.54) is 7.11 Å². The number of carbonyl (C=O) groups is 1. The summed E-state index contributed by atoms with van der Waals surface area (Å²) in [5, 5.41) is 0. The molecule has 4 heteroatoms. The van der Waals surface area contributed by atoms with Crippen molar-refractivity contribution in [2.75, 3.05) is 14.2 Å². The molecule has 0 aliphatic carbocycles. The zero-order chi connectivity index (χ0) is 14.5. The van der Waals surface area contributed by atoms with Crippen molar-refractivity contribution in [2.24, 2.45) is 11.1 Å². The van der Waals surface area contributed by atoms with Crippen LogP contribution in [-0.2, 0) is 16.0 Å². The van der Waals surface area contributed by atoms with Crippen molar-refractivity contribution in [1.82, 2.24) is 0 Å². The lowest BCUT2D eigenvalue weighted by Crippen LogP contribution is -2.40. The third kappa shape index (κ3) is 4.24. The fourth-order valence-electron chi connectivity index (χ4n) is 2.00. The Kier molecular flexibility index (Phi) is 5.36. The highest BCUT2D eigenvalue weighted by Crippen LogP contribution is 2.30. The first-order chi connectivity index (χ1) is 8.91. The van der Waals surface area contributed by atoms with Gasteiger partial charge in [0, 0.05) is 6.04 Å². The summed E-state index contributed by atoms with van der Waals surface area (Å²) in [6.45, 7) is 3.94. The third-order valence-corrected chi connectivity index (χ3v) is 3.64. The van der Waals surface area contributed by atoms with Crippen LogP contribution < -0.4 is 10.5 Å². The van der Waals surface area contributed by atoms with Crippen LogP contribution in [0.1, 0.15) is 25.8 Å². The number of rotatable bonds is 6. The Bertz CT molecular complexity index is 414. The maximum atomic E-state index is 11.5. The molecule has 2 atom stereocenters. The Morgan fingerprint density at radius 1 is 1.32 bits per heavy atom. The summed E-state index contributed by atoms with van der Waals surface area (Å²) in [5.41, 5.74) is 6.86. The molecule has 0 amide bonds. The quantitative estimate of drug-likeness (QED) is 0.801. The molecule has 0 bridgehead atoms. The molecule has 0 aromatic heterocycles. The monoisotopic (exact) mass is 265 g/mol. The molecule has 0 spiro atoms. The highest BCUT2D eigenvalue weighted by Gasteiger charge is 2.32. The average Bonchev–Trinajstić information content (AvgIpc) is 2.39. The Hall–Kier alpha value is -1.55. The number of nitrogens with two attached hydrogens (primary N) is 1. The molecule has 0 aliphatic rings. The standard InChI is InChI=1S/C15H23NO3/c1-11(16)15(2,10-14(17)19-4)9-12-5-7-13(18-3)8-6-12/h5-8,11H,9-10,16H2,1-4H3. The van der Waals surface area contributed by atoms with Gasteiger partial charge < -0.3 is 15.2 Å². The van der Waals surface area contributed by atoms with Crippen LogP contribution in [-0.4, -0.2) is 26.2 Å². The highest BCUT2D eigenvalue weighted by atomic mass is 16.5. The maximum Gasteiger partial charge on any atom is 0.306 e. The number of hydrogen-bond donors (Lipinski definition) is 1. The van der Waals surface area contributed by atoms with Crippen molar-refractivity contribution >= 4 is 5.97 Å². The van der Waals surface area contributed by atoms with Crippen LogP contribution in [0.4, 0.5) is 0 Å². The van der Waals surface area contributed by atoms with Gasteiger partial charge in [-0.05, 0) is 36.5 Å². The van der Waals surface area contributed by atoms with Crippen LogP contribution in [0.5, 0.6) is 5.75 Å². The fraction of sp³-hybridized carbons (Fsp3) is 0.533. The lowest BCUT2D eigenvalue weighted by Gasteiger charge is -2.32. The van der Waals surface area contributed by atoms with E-state index in [4.69, 9.17) is 15.2 Å². The Balaban J connectivity index is 2.85. The second kappa shape index (κ2) is 6.57. The van der Waals surface area contributed by atoms with Crippen molar-refractivity contribution in [1.29, 1.82) is 0 Å². The fourth-order valence-corrected chi connectivity index (χ4v) is 2.00. The molecule has 0 fully saturated rings. The van der Waals surface area contributed by atoms with Crippen LogP contribution in [0.25, 0.3) is 0 Å². The van der Waals surface area contributed by atoms with Gasteiger partial charge in [0.2, 0.25) is 0 Å². The molecular formula is C15H23NO3. The summed E-state index contributed by atoms with van der Waals surface area (Å²) in [5.74, 6) is 0.590. The largest absolute Gasteiger partial charge is 0.497 e. The third-order valence-electron chi connectivity index (χ3n) is 3.64. The van der Waals surface area contributed by atoms with Crippen LogP contribution in [0.2, 0.25) is 0 Å². The van der Waals surface area contributed by atoms with Crippen LogP contribution in [0.15, 0.2) is 24.3 Å². The SMILES string of the molecule is COC(=O)CC(C)(Cc1ccc(OC)cc1)C(C)N. The van der Waals surface area contributed by atoms with E-state index in [2.05, 4.69) is 0 Å². The van der Waals surface area contributed by atoms with Gasteiger partial charge in [-0.25, -0.2) is 0 Å². The number of esters is 1. The van der Waals surface area contributed by atoms with E-state index in [1.807, 2.05) is 38.1 Å². The number of hydrogen-bond acceptors (Lipinski definition) is 4. The minimum atomic E-state index is -0.318. The smallest absolute Gasteiger partial charge is 0.306 e. The normalized spacial score (nSPS) is 15.4. The molecule has 4 nitrogen and oxygen atoms in total. The van der Waals surface area contributed by atoms with Crippen molar-refractivity contribution in [2.45, 2.75) is 32.7 Å². The minimum Gasteiger partial charge on any atom is -0.497 e. The molecule has 0 saturated carbocycles. The molecule has 0 saturated heterocycles. The van der Waals surface area contributed by atoms with E-state index in [1.54, 1.807) is 7.11 Å². The summed E-state index contributed by atoms with van der Waals surface area (Å²) < 4.78 is 9.89. The van der Waals surface area contributed by atoms with Crippen LogP contribution in [0.3, 0.4) is 0 Å². The van der Waals surface area contributed by atoms with Gasteiger partial charge in [0.15, 0.2) is 0 Å². The first-order valence-corrected chi connectivity index (χ1v) is 6.36. The van der Waals surface area contributed by atoms with Crippen molar-refractivity contribution in [3.05, 3.63) is 29.8 Å². The van der Waals surface area contributed by atoms with Crippen LogP contribution >= 0.6 is 0 Å². The molecule has 1 aromatic carbocycles. The van der Waals surface area contributed by atoms with Crippen molar-refractivity contribution in [3.8, 4) is 5.75 Å². The Labute approximate surface area is 114 Å². The first kappa shape index (κ1) is 15.5. The number of carbonyl (C=O) groups excluding carboxylic acids is 1. The predicted octanol–water partition coefficient (Wildman–Crippen LogP) is 2.15. The second-order valence-corrected chi connectivity index (χ2v) is 5.22.